The van der Waals surface area contributed by atoms with Gasteiger partial charge >= 0.3 is 0 Å². The second kappa shape index (κ2) is 9.60. The standard InChI is InChI=1S/C21H23N3O4/c1-26-18-4-2-3-5-19(18)27-14-20(25)24-16-7-9-17(10-8-16)28-21-11-6-15(12-22)13-23-21/h2-6,11,13,16-17H,7-10,14H2,1H3,(H,24,25). The second-order valence-electron chi connectivity index (χ2n) is 6.60. The smallest absolute Gasteiger partial charge is 0.258 e. The summed E-state index contributed by atoms with van der Waals surface area (Å²) >= 11 is 0. The fourth-order valence-corrected chi connectivity index (χ4v) is 3.16. The Morgan fingerprint density at radius 1 is 1.18 bits per heavy atom. The van der Waals surface area contributed by atoms with Gasteiger partial charge in [0.1, 0.15) is 12.2 Å². The van der Waals surface area contributed by atoms with E-state index >= 15 is 0 Å². The van der Waals surface area contributed by atoms with Gasteiger partial charge in [0.05, 0.1) is 12.7 Å². The van der Waals surface area contributed by atoms with Crippen LogP contribution in [0.3, 0.4) is 0 Å². The zero-order chi connectivity index (χ0) is 19.8. The molecule has 1 aromatic carbocycles. The lowest BCUT2D eigenvalue weighted by atomic mass is 9.93. The first-order valence-corrected chi connectivity index (χ1v) is 9.26. The van der Waals surface area contributed by atoms with Gasteiger partial charge in [-0.15, -0.1) is 0 Å². The van der Waals surface area contributed by atoms with Crippen LogP contribution in [0, 0.1) is 11.3 Å². The van der Waals surface area contributed by atoms with Crippen LogP contribution in [-0.2, 0) is 4.79 Å². The van der Waals surface area contributed by atoms with E-state index in [0.717, 1.165) is 25.7 Å². The molecule has 1 aliphatic carbocycles. The van der Waals surface area contributed by atoms with Gasteiger partial charge in [-0.25, -0.2) is 4.98 Å². The van der Waals surface area contributed by atoms with E-state index in [9.17, 15) is 4.79 Å². The summed E-state index contributed by atoms with van der Waals surface area (Å²) in [6.07, 6.45) is 4.91. The molecule has 0 saturated heterocycles. The van der Waals surface area contributed by atoms with Crippen LogP contribution in [0.2, 0.25) is 0 Å². The summed E-state index contributed by atoms with van der Waals surface area (Å²) in [7, 11) is 1.57. The number of para-hydroxylation sites is 2. The number of hydrogen-bond donors (Lipinski definition) is 1. The van der Waals surface area contributed by atoms with E-state index in [0.29, 0.717) is 22.9 Å². The molecular formula is C21H23N3O4. The van der Waals surface area contributed by atoms with Crippen molar-refractivity contribution < 1.29 is 19.0 Å². The van der Waals surface area contributed by atoms with Gasteiger partial charge in [0, 0.05) is 18.3 Å². The largest absolute Gasteiger partial charge is 0.493 e. The minimum absolute atomic E-state index is 0.0496. The van der Waals surface area contributed by atoms with Gasteiger partial charge in [-0.2, -0.15) is 5.26 Å². The van der Waals surface area contributed by atoms with Gasteiger partial charge in [-0.1, -0.05) is 12.1 Å². The Balaban J connectivity index is 1.40. The minimum atomic E-state index is -0.149. The highest BCUT2D eigenvalue weighted by molar-refractivity contribution is 5.77. The fourth-order valence-electron chi connectivity index (χ4n) is 3.16. The zero-order valence-corrected chi connectivity index (χ0v) is 15.8. The highest BCUT2D eigenvalue weighted by Crippen LogP contribution is 2.26. The van der Waals surface area contributed by atoms with E-state index in [4.69, 9.17) is 19.5 Å². The maximum atomic E-state index is 12.2. The molecular weight excluding hydrogens is 358 g/mol. The molecule has 0 bridgehead atoms. The molecule has 0 unspecified atom stereocenters. The Kier molecular flexibility index (Phi) is 6.68. The monoisotopic (exact) mass is 381 g/mol. The number of methoxy groups -OCH3 is 1. The predicted octanol–water partition coefficient (Wildman–Crippen LogP) is 2.85. The van der Waals surface area contributed by atoms with Crippen LogP contribution in [0.15, 0.2) is 42.6 Å². The number of hydrogen-bond acceptors (Lipinski definition) is 6. The summed E-state index contributed by atoms with van der Waals surface area (Å²) in [6, 6.07) is 12.8. The lowest BCUT2D eigenvalue weighted by Crippen LogP contribution is -2.41. The predicted molar refractivity (Wildman–Crippen MR) is 102 cm³/mol. The van der Waals surface area contributed by atoms with E-state index in [1.807, 2.05) is 18.2 Å². The lowest BCUT2D eigenvalue weighted by molar-refractivity contribution is -0.124. The third-order valence-electron chi connectivity index (χ3n) is 4.62. The van der Waals surface area contributed by atoms with Crippen LogP contribution in [0.5, 0.6) is 17.4 Å². The second-order valence-corrected chi connectivity index (χ2v) is 6.60. The Morgan fingerprint density at radius 2 is 1.93 bits per heavy atom. The van der Waals surface area contributed by atoms with Crippen LogP contribution >= 0.6 is 0 Å². The first-order chi connectivity index (χ1) is 13.7. The average Bonchev–Trinajstić information content (AvgIpc) is 2.74. The number of ether oxygens (including phenoxy) is 3. The van der Waals surface area contributed by atoms with Crippen LogP contribution in [-0.4, -0.2) is 36.8 Å². The number of benzene rings is 1. The molecule has 1 fully saturated rings. The maximum Gasteiger partial charge on any atom is 0.258 e. The van der Waals surface area contributed by atoms with Crippen molar-refractivity contribution in [1.82, 2.24) is 10.3 Å². The molecule has 2 aromatic rings. The molecule has 0 spiro atoms. The highest BCUT2D eigenvalue weighted by Gasteiger charge is 2.24. The van der Waals surface area contributed by atoms with Crippen LogP contribution in [0.1, 0.15) is 31.2 Å². The molecule has 146 valence electrons. The lowest BCUT2D eigenvalue weighted by Gasteiger charge is -2.29. The first-order valence-electron chi connectivity index (χ1n) is 9.26. The van der Waals surface area contributed by atoms with E-state index < -0.39 is 0 Å². The molecule has 28 heavy (non-hydrogen) atoms. The van der Waals surface area contributed by atoms with E-state index in [2.05, 4.69) is 10.3 Å². The molecule has 0 aliphatic heterocycles. The summed E-state index contributed by atoms with van der Waals surface area (Å²) in [5.74, 6) is 1.53. The highest BCUT2D eigenvalue weighted by atomic mass is 16.5. The topological polar surface area (TPSA) is 93.5 Å². The first kappa shape index (κ1) is 19.5. The van der Waals surface area contributed by atoms with Gasteiger partial charge in [-0.05, 0) is 43.9 Å². The molecule has 1 N–H and O–H groups in total. The summed E-state index contributed by atoms with van der Waals surface area (Å²) in [5.41, 5.74) is 0.508. The van der Waals surface area contributed by atoms with Gasteiger partial charge in [0.15, 0.2) is 18.1 Å². The summed E-state index contributed by atoms with van der Waals surface area (Å²) in [4.78, 5) is 16.3. The van der Waals surface area contributed by atoms with Crippen molar-refractivity contribution in [2.75, 3.05) is 13.7 Å². The SMILES string of the molecule is COc1ccccc1OCC(=O)NC1CCC(Oc2ccc(C#N)cn2)CC1. The number of rotatable bonds is 7. The van der Waals surface area contributed by atoms with E-state index in [-0.39, 0.29) is 24.7 Å². The van der Waals surface area contributed by atoms with Crippen molar-refractivity contribution in [3.63, 3.8) is 0 Å². The van der Waals surface area contributed by atoms with Crippen molar-refractivity contribution in [2.24, 2.45) is 0 Å². The van der Waals surface area contributed by atoms with Crippen LogP contribution in [0.4, 0.5) is 0 Å². The van der Waals surface area contributed by atoms with E-state index in [1.165, 1.54) is 6.20 Å². The Bertz CT molecular complexity index is 824. The number of pyridine rings is 1. The van der Waals surface area contributed by atoms with Crippen molar-refractivity contribution in [3.05, 3.63) is 48.2 Å². The quantitative estimate of drug-likeness (QED) is 0.793. The molecule has 1 heterocycles. The molecule has 3 rings (SSSR count). The van der Waals surface area contributed by atoms with E-state index in [1.54, 1.807) is 31.4 Å². The van der Waals surface area contributed by atoms with Gasteiger partial charge < -0.3 is 19.5 Å². The summed E-state index contributed by atoms with van der Waals surface area (Å²) in [6.45, 7) is -0.0496. The Labute approximate surface area is 164 Å². The summed E-state index contributed by atoms with van der Waals surface area (Å²) < 4.78 is 16.6. The minimum Gasteiger partial charge on any atom is -0.493 e. The number of amides is 1. The number of carbonyl (C=O) groups is 1. The van der Waals surface area contributed by atoms with Crippen LogP contribution < -0.4 is 19.5 Å². The third kappa shape index (κ3) is 5.36. The number of nitriles is 1. The van der Waals surface area contributed by atoms with Crippen molar-refractivity contribution >= 4 is 5.91 Å². The number of aromatic nitrogens is 1. The maximum absolute atomic E-state index is 12.2. The fraction of sp³-hybridized carbons (Fsp3) is 0.381. The molecule has 1 aliphatic rings. The van der Waals surface area contributed by atoms with Gasteiger partial charge in [0.25, 0.3) is 5.91 Å². The van der Waals surface area contributed by atoms with Gasteiger partial charge in [0.2, 0.25) is 5.88 Å². The molecule has 1 saturated carbocycles. The Morgan fingerprint density at radius 3 is 2.57 bits per heavy atom. The zero-order valence-electron chi connectivity index (χ0n) is 15.8. The van der Waals surface area contributed by atoms with Gasteiger partial charge in [-0.3, -0.25) is 4.79 Å². The van der Waals surface area contributed by atoms with Crippen molar-refractivity contribution in [3.8, 4) is 23.4 Å². The molecule has 7 nitrogen and oxygen atoms in total. The van der Waals surface area contributed by atoms with Crippen LogP contribution in [0.25, 0.3) is 0 Å². The number of nitrogens with one attached hydrogen (secondary N) is 1. The molecule has 7 heteroatoms. The normalized spacial score (nSPS) is 18.6. The molecule has 1 aromatic heterocycles. The van der Waals surface area contributed by atoms with Crippen molar-refractivity contribution in [2.45, 2.75) is 37.8 Å². The summed E-state index contributed by atoms with van der Waals surface area (Å²) in [5, 5.41) is 11.8. The van der Waals surface area contributed by atoms with Crippen molar-refractivity contribution in [1.29, 1.82) is 5.26 Å². The number of carbonyl (C=O) groups excluding carboxylic acids is 1. The molecule has 0 atom stereocenters. The average molecular weight is 381 g/mol. The third-order valence-corrected chi connectivity index (χ3v) is 4.62. The number of nitrogens with zero attached hydrogens (tertiary/aromatic N) is 2. The molecule has 0 radical (unpaired) electrons. The Hall–Kier alpha value is -3.27. The molecule has 1 amide bonds.